The van der Waals surface area contributed by atoms with Crippen LogP contribution in [0.2, 0.25) is 0 Å². The Morgan fingerprint density at radius 2 is 2.25 bits per heavy atom. The normalized spacial score (nSPS) is 19.8. The first-order valence-electron chi connectivity index (χ1n) is 6.91. The van der Waals surface area contributed by atoms with Crippen LogP contribution >= 0.6 is 0 Å². The highest BCUT2D eigenvalue weighted by Gasteiger charge is 2.21. The van der Waals surface area contributed by atoms with Crippen LogP contribution < -0.4 is 5.73 Å². The zero-order valence-corrected chi connectivity index (χ0v) is 11.6. The Morgan fingerprint density at radius 1 is 1.45 bits per heavy atom. The van der Waals surface area contributed by atoms with Gasteiger partial charge in [-0.3, -0.25) is 9.98 Å². The van der Waals surface area contributed by atoms with Gasteiger partial charge in [-0.25, -0.2) is 4.98 Å². The maximum absolute atomic E-state index is 8.19. The summed E-state index contributed by atoms with van der Waals surface area (Å²) in [5, 5.41) is 8.19. The van der Waals surface area contributed by atoms with Crippen LogP contribution in [0.4, 0.5) is 0 Å². The van der Waals surface area contributed by atoms with Crippen LogP contribution in [0.15, 0.2) is 36.7 Å². The molecule has 3 rings (SSSR count). The van der Waals surface area contributed by atoms with Crippen LogP contribution in [0.25, 0.3) is 16.9 Å². The molecule has 2 heterocycles. The monoisotopic (exact) mass is 269 g/mol. The largest absolute Gasteiger partial charge is 0.385 e. The molecule has 0 amide bonds. The van der Waals surface area contributed by atoms with Gasteiger partial charge in [-0.1, -0.05) is 12.1 Å². The van der Waals surface area contributed by atoms with E-state index in [1.54, 1.807) is 12.4 Å². The Bertz CT molecular complexity index is 670. The van der Waals surface area contributed by atoms with Gasteiger partial charge in [-0.05, 0) is 31.9 Å². The number of hydrogen-bond donors (Lipinski definition) is 2. The van der Waals surface area contributed by atoms with Crippen molar-refractivity contribution in [3.8, 4) is 0 Å². The quantitative estimate of drug-likeness (QED) is 0.649. The molecule has 2 aromatic rings. The molecule has 1 fully saturated rings. The molecule has 1 aromatic carbocycles. The van der Waals surface area contributed by atoms with Gasteiger partial charge >= 0.3 is 0 Å². The first-order chi connectivity index (χ1) is 9.66. The number of rotatable bonds is 2. The van der Waals surface area contributed by atoms with Gasteiger partial charge in [0.1, 0.15) is 18.0 Å². The average Bonchev–Trinajstić information content (AvgIpc) is 3.04. The summed E-state index contributed by atoms with van der Waals surface area (Å²) in [5.41, 5.74) is 8.01. The van der Waals surface area contributed by atoms with Crippen LogP contribution in [0.3, 0.4) is 0 Å². The standard InChI is InChI=1S/C15H19N5/c1-11-5-4-8-19(11)14(16)9-15(17)20-10-18-12-6-2-3-7-13(12)20/h2-3,6-7,9-11,16H,4-5,8,17H2,1H3/b15-9+,16-14?. The van der Waals surface area contributed by atoms with E-state index in [0.29, 0.717) is 17.7 Å². The molecule has 104 valence electrons. The zero-order chi connectivity index (χ0) is 14.1. The van der Waals surface area contributed by atoms with Crippen LogP contribution in [-0.2, 0) is 0 Å². The van der Waals surface area contributed by atoms with Crippen LogP contribution in [0.1, 0.15) is 19.8 Å². The Balaban J connectivity index is 1.90. The number of likely N-dealkylation sites (tertiary alicyclic amines) is 1. The summed E-state index contributed by atoms with van der Waals surface area (Å²) in [6, 6.07) is 8.26. The first kappa shape index (κ1) is 12.7. The van der Waals surface area contributed by atoms with E-state index in [0.717, 1.165) is 30.4 Å². The van der Waals surface area contributed by atoms with E-state index < -0.39 is 0 Å². The molecular weight excluding hydrogens is 250 g/mol. The van der Waals surface area contributed by atoms with E-state index in [-0.39, 0.29) is 0 Å². The van der Waals surface area contributed by atoms with Crippen molar-refractivity contribution in [3.63, 3.8) is 0 Å². The molecule has 5 nitrogen and oxygen atoms in total. The summed E-state index contributed by atoms with van der Waals surface area (Å²) in [7, 11) is 0. The molecular formula is C15H19N5. The van der Waals surface area contributed by atoms with E-state index in [2.05, 4.69) is 16.8 Å². The highest BCUT2D eigenvalue weighted by atomic mass is 15.2. The lowest BCUT2D eigenvalue weighted by atomic mass is 10.2. The molecule has 0 spiro atoms. The Morgan fingerprint density at radius 3 is 3.00 bits per heavy atom. The molecule has 0 bridgehead atoms. The second kappa shape index (κ2) is 5.00. The number of benzene rings is 1. The van der Waals surface area contributed by atoms with Crippen LogP contribution in [-0.4, -0.2) is 32.9 Å². The van der Waals surface area contributed by atoms with Gasteiger partial charge in [0.05, 0.1) is 11.0 Å². The van der Waals surface area contributed by atoms with Gasteiger partial charge in [0.25, 0.3) is 0 Å². The molecule has 1 aliphatic heterocycles. The summed E-state index contributed by atoms with van der Waals surface area (Å²) in [6.45, 7) is 3.09. The van der Waals surface area contributed by atoms with Crippen molar-refractivity contribution in [2.24, 2.45) is 5.73 Å². The molecule has 0 radical (unpaired) electrons. The van der Waals surface area contributed by atoms with Crippen LogP contribution in [0, 0.1) is 5.41 Å². The predicted molar refractivity (Wildman–Crippen MR) is 81.3 cm³/mol. The van der Waals surface area contributed by atoms with Gasteiger partial charge in [-0.2, -0.15) is 0 Å². The predicted octanol–water partition coefficient (Wildman–Crippen LogP) is 2.25. The van der Waals surface area contributed by atoms with Crippen molar-refractivity contribution >= 4 is 22.7 Å². The maximum Gasteiger partial charge on any atom is 0.124 e. The first-order valence-corrected chi connectivity index (χ1v) is 6.91. The fourth-order valence-corrected chi connectivity index (χ4v) is 2.75. The van der Waals surface area contributed by atoms with Gasteiger partial charge in [0.15, 0.2) is 0 Å². The topological polar surface area (TPSA) is 70.9 Å². The number of nitrogens with one attached hydrogen (secondary N) is 1. The summed E-state index contributed by atoms with van der Waals surface area (Å²) < 4.78 is 1.82. The van der Waals surface area contributed by atoms with Gasteiger partial charge in [-0.15, -0.1) is 0 Å². The molecule has 3 N–H and O–H groups in total. The molecule has 1 saturated heterocycles. The number of nitrogens with zero attached hydrogens (tertiary/aromatic N) is 3. The smallest absolute Gasteiger partial charge is 0.124 e. The summed E-state index contributed by atoms with van der Waals surface area (Å²) in [5.74, 6) is 1.01. The minimum absolute atomic E-state index is 0.422. The Labute approximate surface area is 118 Å². The summed E-state index contributed by atoms with van der Waals surface area (Å²) in [4.78, 5) is 6.41. The second-order valence-electron chi connectivity index (χ2n) is 5.24. The Kier molecular flexibility index (Phi) is 3.18. The molecule has 1 atom stereocenters. The lowest BCUT2D eigenvalue weighted by molar-refractivity contribution is 0.414. The van der Waals surface area contributed by atoms with Crippen molar-refractivity contribution in [1.82, 2.24) is 14.5 Å². The minimum atomic E-state index is 0.422. The fourth-order valence-electron chi connectivity index (χ4n) is 2.75. The second-order valence-corrected chi connectivity index (χ2v) is 5.24. The number of hydrogen-bond acceptors (Lipinski definition) is 3. The number of nitrogens with two attached hydrogens (primary N) is 1. The highest BCUT2D eigenvalue weighted by Crippen LogP contribution is 2.18. The number of fused-ring (bicyclic) bond motifs is 1. The highest BCUT2D eigenvalue weighted by molar-refractivity contribution is 5.95. The van der Waals surface area contributed by atoms with Crippen molar-refractivity contribution in [2.75, 3.05) is 6.54 Å². The maximum atomic E-state index is 8.19. The molecule has 20 heavy (non-hydrogen) atoms. The Hall–Kier alpha value is -2.30. The molecule has 0 aliphatic carbocycles. The summed E-state index contributed by atoms with van der Waals surface area (Å²) >= 11 is 0. The van der Waals surface area contributed by atoms with E-state index in [1.165, 1.54) is 0 Å². The average molecular weight is 269 g/mol. The minimum Gasteiger partial charge on any atom is -0.385 e. The number of aromatic nitrogens is 2. The fraction of sp³-hybridized carbons (Fsp3) is 0.333. The third kappa shape index (κ3) is 2.15. The lowest BCUT2D eigenvalue weighted by Gasteiger charge is -2.22. The van der Waals surface area contributed by atoms with Crippen molar-refractivity contribution < 1.29 is 0 Å². The van der Waals surface area contributed by atoms with Crippen molar-refractivity contribution in [1.29, 1.82) is 5.41 Å². The van der Waals surface area contributed by atoms with E-state index in [4.69, 9.17) is 11.1 Å². The van der Waals surface area contributed by atoms with E-state index in [9.17, 15) is 0 Å². The molecule has 1 aliphatic rings. The number of para-hydroxylation sites is 2. The van der Waals surface area contributed by atoms with Crippen LogP contribution in [0.5, 0.6) is 0 Å². The molecule has 1 unspecified atom stereocenters. The number of imidazole rings is 1. The van der Waals surface area contributed by atoms with Crippen molar-refractivity contribution in [3.05, 3.63) is 36.7 Å². The van der Waals surface area contributed by atoms with Crippen molar-refractivity contribution in [2.45, 2.75) is 25.8 Å². The molecule has 1 aromatic heterocycles. The number of amidine groups is 1. The van der Waals surface area contributed by atoms with Gasteiger partial charge in [0, 0.05) is 18.7 Å². The third-order valence-corrected chi connectivity index (χ3v) is 3.88. The summed E-state index contributed by atoms with van der Waals surface area (Å²) in [6.07, 6.45) is 5.71. The van der Waals surface area contributed by atoms with Gasteiger partial charge < -0.3 is 10.6 Å². The molecule has 0 saturated carbocycles. The molecule has 5 heteroatoms. The SMILES string of the molecule is CC1CCCN1C(=N)/C=C(\N)n1cnc2ccccc21. The van der Waals surface area contributed by atoms with E-state index >= 15 is 0 Å². The zero-order valence-electron chi connectivity index (χ0n) is 11.6. The van der Waals surface area contributed by atoms with E-state index in [1.807, 2.05) is 28.8 Å². The lowest BCUT2D eigenvalue weighted by Crippen LogP contribution is -2.32. The van der Waals surface area contributed by atoms with Gasteiger partial charge in [0.2, 0.25) is 0 Å². The third-order valence-electron chi connectivity index (χ3n) is 3.88.